The number of carbonyl (C=O) groups excluding carboxylic acids is 1. The normalized spacial score (nSPS) is 12.3. The average molecular weight is 267 g/mol. The Balaban J connectivity index is 3.22. The first-order valence-electron chi connectivity index (χ1n) is 8.11. The summed E-state index contributed by atoms with van der Waals surface area (Å²) >= 11 is 0. The molecule has 1 atom stereocenters. The topological polar surface area (TPSA) is 43.1 Å². The van der Waals surface area contributed by atoms with Crippen LogP contribution in [0.25, 0.3) is 0 Å². The van der Waals surface area contributed by atoms with Gasteiger partial charge in [0, 0.05) is 6.42 Å². The van der Waals surface area contributed by atoms with Gasteiger partial charge in [0.05, 0.1) is 6.04 Å². The molecule has 2 nitrogen and oxygen atoms in total. The lowest BCUT2D eigenvalue weighted by atomic mass is 10.0. The molecule has 0 amide bonds. The van der Waals surface area contributed by atoms with Crippen molar-refractivity contribution in [1.29, 1.82) is 0 Å². The number of unbranched alkanes of at least 4 members (excludes halogenated alkanes) is 9. The van der Waals surface area contributed by atoms with Crippen molar-refractivity contribution in [2.75, 3.05) is 0 Å². The number of hydrogen-bond acceptors (Lipinski definition) is 2. The Hall–Kier alpha value is -0.630. The summed E-state index contributed by atoms with van der Waals surface area (Å²) in [5.74, 6) is 0.194. The highest BCUT2D eigenvalue weighted by Gasteiger charge is 2.10. The van der Waals surface area contributed by atoms with E-state index in [2.05, 4.69) is 13.5 Å². The van der Waals surface area contributed by atoms with Crippen molar-refractivity contribution in [1.82, 2.24) is 0 Å². The van der Waals surface area contributed by atoms with Crippen LogP contribution in [0.5, 0.6) is 0 Å². The summed E-state index contributed by atoms with van der Waals surface area (Å²) in [5, 5.41) is 0. The van der Waals surface area contributed by atoms with E-state index in [1.807, 2.05) is 0 Å². The molecule has 0 aromatic carbocycles. The van der Waals surface area contributed by atoms with Crippen LogP contribution in [-0.2, 0) is 4.79 Å². The van der Waals surface area contributed by atoms with Crippen LogP contribution in [0.3, 0.4) is 0 Å². The van der Waals surface area contributed by atoms with Crippen LogP contribution >= 0.6 is 0 Å². The average Bonchev–Trinajstić information content (AvgIpc) is 2.41. The standard InChI is InChI=1S/C17H33NO/c1-3-5-6-7-8-9-10-11-12-13-15-17(19)16(18)14-4-2/h4,16H,2-3,5-15,18H2,1H3. The summed E-state index contributed by atoms with van der Waals surface area (Å²) in [6.45, 7) is 5.86. The van der Waals surface area contributed by atoms with Gasteiger partial charge in [-0.3, -0.25) is 4.79 Å². The van der Waals surface area contributed by atoms with Gasteiger partial charge in [0.15, 0.2) is 0 Å². The quantitative estimate of drug-likeness (QED) is 0.364. The van der Waals surface area contributed by atoms with E-state index in [-0.39, 0.29) is 11.8 Å². The summed E-state index contributed by atoms with van der Waals surface area (Å²) in [6.07, 6.45) is 15.9. The van der Waals surface area contributed by atoms with Gasteiger partial charge in [-0.1, -0.05) is 70.8 Å². The third kappa shape index (κ3) is 12.2. The largest absolute Gasteiger partial charge is 0.321 e. The number of hydrogen-bond donors (Lipinski definition) is 1. The number of ketones is 1. The van der Waals surface area contributed by atoms with Gasteiger partial charge < -0.3 is 5.73 Å². The van der Waals surface area contributed by atoms with Gasteiger partial charge >= 0.3 is 0 Å². The van der Waals surface area contributed by atoms with Crippen molar-refractivity contribution in [3.05, 3.63) is 12.7 Å². The first kappa shape index (κ1) is 18.4. The molecule has 2 heteroatoms. The molecule has 2 N–H and O–H groups in total. The lowest BCUT2D eigenvalue weighted by Crippen LogP contribution is -2.29. The maximum Gasteiger partial charge on any atom is 0.149 e. The van der Waals surface area contributed by atoms with E-state index in [1.54, 1.807) is 6.08 Å². The zero-order chi connectivity index (χ0) is 14.3. The Bertz CT molecular complexity index is 225. The summed E-state index contributed by atoms with van der Waals surface area (Å²) in [4.78, 5) is 11.6. The van der Waals surface area contributed by atoms with Crippen LogP contribution in [0.15, 0.2) is 12.7 Å². The molecular weight excluding hydrogens is 234 g/mol. The lowest BCUT2D eigenvalue weighted by molar-refractivity contribution is -0.120. The summed E-state index contributed by atoms with van der Waals surface area (Å²) < 4.78 is 0. The highest BCUT2D eigenvalue weighted by Crippen LogP contribution is 2.11. The van der Waals surface area contributed by atoms with E-state index in [9.17, 15) is 4.79 Å². The van der Waals surface area contributed by atoms with Gasteiger partial charge in [-0.15, -0.1) is 6.58 Å². The minimum absolute atomic E-state index is 0.194. The smallest absolute Gasteiger partial charge is 0.149 e. The minimum Gasteiger partial charge on any atom is -0.321 e. The number of carbonyl (C=O) groups is 1. The molecule has 0 spiro atoms. The zero-order valence-corrected chi connectivity index (χ0v) is 12.8. The van der Waals surface area contributed by atoms with Crippen molar-refractivity contribution in [2.45, 2.75) is 90.0 Å². The Morgan fingerprint density at radius 1 is 1.00 bits per heavy atom. The monoisotopic (exact) mass is 267 g/mol. The molecule has 1 unspecified atom stereocenters. The minimum atomic E-state index is -0.323. The van der Waals surface area contributed by atoms with E-state index >= 15 is 0 Å². The number of nitrogens with two attached hydrogens (primary N) is 1. The molecule has 0 aromatic rings. The van der Waals surface area contributed by atoms with Gasteiger partial charge in [0.1, 0.15) is 5.78 Å². The van der Waals surface area contributed by atoms with Crippen molar-refractivity contribution >= 4 is 5.78 Å². The molecule has 0 saturated carbocycles. The van der Waals surface area contributed by atoms with Crippen LogP contribution in [0.2, 0.25) is 0 Å². The Labute approximate surface area is 119 Å². The number of rotatable bonds is 14. The molecule has 0 aliphatic rings. The Morgan fingerprint density at radius 3 is 1.95 bits per heavy atom. The summed E-state index contributed by atoms with van der Waals surface area (Å²) in [5.41, 5.74) is 5.73. The molecule has 112 valence electrons. The van der Waals surface area contributed by atoms with E-state index in [0.29, 0.717) is 12.8 Å². The maximum atomic E-state index is 11.6. The molecule has 0 aliphatic heterocycles. The molecule has 0 saturated heterocycles. The van der Waals surface area contributed by atoms with Crippen LogP contribution < -0.4 is 5.73 Å². The van der Waals surface area contributed by atoms with Crippen LogP contribution in [-0.4, -0.2) is 11.8 Å². The fraction of sp³-hybridized carbons (Fsp3) is 0.824. The van der Waals surface area contributed by atoms with Crippen molar-refractivity contribution in [2.24, 2.45) is 5.73 Å². The zero-order valence-electron chi connectivity index (χ0n) is 12.8. The van der Waals surface area contributed by atoms with Crippen LogP contribution in [0.4, 0.5) is 0 Å². The van der Waals surface area contributed by atoms with Crippen molar-refractivity contribution in [3.63, 3.8) is 0 Å². The molecular formula is C17H33NO. The Morgan fingerprint density at radius 2 is 1.47 bits per heavy atom. The van der Waals surface area contributed by atoms with Gasteiger partial charge in [0.25, 0.3) is 0 Å². The predicted molar refractivity (Wildman–Crippen MR) is 84.3 cm³/mol. The highest BCUT2D eigenvalue weighted by molar-refractivity contribution is 5.83. The van der Waals surface area contributed by atoms with E-state index in [4.69, 9.17) is 5.73 Å². The maximum absolute atomic E-state index is 11.6. The predicted octanol–water partition coefficient (Wildman–Crippen LogP) is 4.77. The highest BCUT2D eigenvalue weighted by atomic mass is 16.1. The lowest BCUT2D eigenvalue weighted by Gasteiger charge is -2.07. The van der Waals surface area contributed by atoms with Crippen molar-refractivity contribution < 1.29 is 4.79 Å². The molecule has 0 aromatic heterocycles. The Kier molecular flexibility index (Phi) is 13.3. The second-order valence-corrected chi connectivity index (χ2v) is 5.53. The second kappa shape index (κ2) is 13.8. The van der Waals surface area contributed by atoms with E-state index in [0.717, 1.165) is 6.42 Å². The SMILES string of the molecule is C=CCC(N)C(=O)CCCCCCCCCCCC. The van der Waals surface area contributed by atoms with Gasteiger partial charge in [-0.2, -0.15) is 0 Å². The van der Waals surface area contributed by atoms with Gasteiger partial charge in [0.2, 0.25) is 0 Å². The van der Waals surface area contributed by atoms with Gasteiger partial charge in [-0.25, -0.2) is 0 Å². The molecule has 0 aliphatic carbocycles. The summed E-state index contributed by atoms with van der Waals surface area (Å²) in [6, 6.07) is -0.323. The van der Waals surface area contributed by atoms with E-state index < -0.39 is 0 Å². The van der Waals surface area contributed by atoms with Crippen LogP contribution in [0.1, 0.15) is 84.0 Å². The molecule has 0 fully saturated rings. The van der Waals surface area contributed by atoms with Crippen LogP contribution in [0, 0.1) is 0 Å². The first-order chi connectivity index (χ1) is 9.22. The fourth-order valence-corrected chi connectivity index (χ4v) is 2.28. The fourth-order valence-electron chi connectivity index (χ4n) is 2.28. The molecule has 19 heavy (non-hydrogen) atoms. The third-order valence-corrected chi connectivity index (χ3v) is 3.61. The molecule has 0 heterocycles. The third-order valence-electron chi connectivity index (χ3n) is 3.61. The molecule has 0 radical (unpaired) electrons. The molecule has 0 bridgehead atoms. The number of Topliss-reactive ketones (excluding diaryl/α,β-unsaturated/α-hetero) is 1. The summed E-state index contributed by atoms with van der Waals surface area (Å²) in [7, 11) is 0. The second-order valence-electron chi connectivity index (χ2n) is 5.53. The van der Waals surface area contributed by atoms with Crippen molar-refractivity contribution in [3.8, 4) is 0 Å². The van der Waals surface area contributed by atoms with Gasteiger partial charge in [-0.05, 0) is 12.8 Å². The van der Waals surface area contributed by atoms with E-state index in [1.165, 1.54) is 57.8 Å². The molecule has 0 rings (SSSR count). The first-order valence-corrected chi connectivity index (χ1v) is 8.11.